The molecule has 0 spiro atoms. The maximum Gasteiger partial charge on any atom is 0.335 e. The summed E-state index contributed by atoms with van der Waals surface area (Å²) in [5.74, 6) is 11.1. The molecule has 2 heteroatoms. The maximum atomic E-state index is 10.6. The molecule has 1 saturated carbocycles. The minimum absolute atomic E-state index is 0.273. The number of rotatable bonds is 1. The molecule has 2 nitrogen and oxygen atoms in total. The van der Waals surface area contributed by atoms with Crippen LogP contribution < -0.4 is 0 Å². The summed E-state index contributed by atoms with van der Waals surface area (Å²) in [6.07, 6.45) is 2.39. The van der Waals surface area contributed by atoms with E-state index < -0.39 is 5.97 Å². The van der Waals surface area contributed by atoms with Gasteiger partial charge in [0.25, 0.3) is 0 Å². The second-order valence-corrected chi connectivity index (χ2v) is 3.68. The SMILES string of the molecule is O=C(O)c1ccc(C#CC#CC2CC2)cc1. The number of carboxylic acid groups (broad SMARTS) is 1. The second-order valence-electron chi connectivity index (χ2n) is 3.68. The number of carbonyl (C=O) groups is 1. The van der Waals surface area contributed by atoms with E-state index in [0.29, 0.717) is 5.92 Å². The molecule has 0 saturated heterocycles. The van der Waals surface area contributed by atoms with Crippen molar-refractivity contribution < 1.29 is 9.90 Å². The van der Waals surface area contributed by atoms with Crippen molar-refractivity contribution in [1.82, 2.24) is 0 Å². The van der Waals surface area contributed by atoms with Gasteiger partial charge in [-0.15, -0.1) is 0 Å². The van der Waals surface area contributed by atoms with Crippen molar-refractivity contribution in [2.75, 3.05) is 0 Å². The smallest absolute Gasteiger partial charge is 0.335 e. The Hall–Kier alpha value is -2.19. The topological polar surface area (TPSA) is 37.3 Å². The van der Waals surface area contributed by atoms with Crippen LogP contribution >= 0.6 is 0 Å². The quantitative estimate of drug-likeness (QED) is 0.721. The molecule has 0 aromatic heterocycles. The molecule has 1 N–H and O–H groups in total. The van der Waals surface area contributed by atoms with E-state index >= 15 is 0 Å². The van der Waals surface area contributed by atoms with Crippen molar-refractivity contribution in [2.45, 2.75) is 12.8 Å². The summed E-state index contributed by atoms with van der Waals surface area (Å²) in [5, 5.41) is 8.70. The monoisotopic (exact) mass is 210 g/mol. The molecular weight excluding hydrogens is 200 g/mol. The molecule has 1 aliphatic carbocycles. The maximum absolute atomic E-state index is 10.6. The van der Waals surface area contributed by atoms with Crippen LogP contribution in [-0.4, -0.2) is 11.1 Å². The Morgan fingerprint density at radius 1 is 1.19 bits per heavy atom. The lowest BCUT2D eigenvalue weighted by atomic mass is 10.1. The van der Waals surface area contributed by atoms with Gasteiger partial charge >= 0.3 is 5.97 Å². The average Bonchev–Trinajstić information content (AvgIpc) is 3.09. The first kappa shape index (κ1) is 10.3. The molecule has 0 atom stereocenters. The van der Waals surface area contributed by atoms with Gasteiger partial charge in [-0.05, 0) is 48.9 Å². The molecule has 78 valence electrons. The molecule has 0 unspecified atom stereocenters. The lowest BCUT2D eigenvalue weighted by Gasteiger charge is -1.92. The largest absolute Gasteiger partial charge is 0.478 e. The minimum Gasteiger partial charge on any atom is -0.478 e. The lowest BCUT2D eigenvalue weighted by Crippen LogP contribution is -1.94. The first-order chi connectivity index (χ1) is 7.75. The van der Waals surface area contributed by atoms with E-state index in [2.05, 4.69) is 23.7 Å². The van der Waals surface area contributed by atoms with Crippen molar-refractivity contribution in [2.24, 2.45) is 5.92 Å². The van der Waals surface area contributed by atoms with Crippen molar-refractivity contribution in [3.63, 3.8) is 0 Å². The fraction of sp³-hybridized carbons (Fsp3) is 0.214. The standard InChI is InChI=1S/C14H10O2/c15-14(16)13-9-7-12(8-10-13)4-2-1-3-11-5-6-11/h7-11H,5-6H2,(H,15,16). The average molecular weight is 210 g/mol. The summed E-state index contributed by atoms with van der Waals surface area (Å²) in [6, 6.07) is 6.46. The van der Waals surface area contributed by atoms with Gasteiger partial charge in [0.1, 0.15) is 0 Å². The molecule has 1 fully saturated rings. The Morgan fingerprint density at radius 2 is 1.88 bits per heavy atom. The highest BCUT2D eigenvalue weighted by molar-refractivity contribution is 5.87. The van der Waals surface area contributed by atoms with Gasteiger partial charge in [0.2, 0.25) is 0 Å². The first-order valence-corrected chi connectivity index (χ1v) is 5.10. The van der Waals surface area contributed by atoms with Crippen LogP contribution in [0.1, 0.15) is 28.8 Å². The summed E-state index contributed by atoms with van der Waals surface area (Å²) < 4.78 is 0. The molecule has 16 heavy (non-hydrogen) atoms. The van der Waals surface area contributed by atoms with E-state index in [0.717, 1.165) is 5.56 Å². The highest BCUT2D eigenvalue weighted by Crippen LogP contribution is 2.27. The van der Waals surface area contributed by atoms with Gasteiger partial charge in [-0.2, -0.15) is 0 Å². The Labute approximate surface area is 94.3 Å². The number of hydrogen-bond donors (Lipinski definition) is 1. The summed E-state index contributed by atoms with van der Waals surface area (Å²) in [4.78, 5) is 10.6. The Kier molecular flexibility index (Phi) is 2.94. The molecule has 1 aliphatic rings. The fourth-order valence-corrected chi connectivity index (χ4v) is 1.17. The molecule has 0 bridgehead atoms. The van der Waals surface area contributed by atoms with Crippen molar-refractivity contribution in [3.8, 4) is 23.7 Å². The number of carboxylic acids is 1. The van der Waals surface area contributed by atoms with Crippen LogP contribution in [0, 0.1) is 29.6 Å². The fourth-order valence-electron chi connectivity index (χ4n) is 1.17. The Balaban J connectivity index is 2.04. The van der Waals surface area contributed by atoms with Gasteiger partial charge in [-0.1, -0.05) is 11.8 Å². The van der Waals surface area contributed by atoms with Crippen molar-refractivity contribution >= 4 is 5.97 Å². The third kappa shape index (κ3) is 2.90. The van der Waals surface area contributed by atoms with Gasteiger partial charge in [0.05, 0.1) is 5.56 Å². The number of hydrogen-bond acceptors (Lipinski definition) is 1. The van der Waals surface area contributed by atoms with Crippen LogP contribution in [0.2, 0.25) is 0 Å². The van der Waals surface area contributed by atoms with Crippen LogP contribution in [0.15, 0.2) is 24.3 Å². The van der Waals surface area contributed by atoms with Gasteiger partial charge in [-0.25, -0.2) is 4.79 Å². The predicted molar refractivity (Wildman–Crippen MR) is 60.8 cm³/mol. The normalized spacial score (nSPS) is 13.0. The molecule has 0 aliphatic heterocycles. The van der Waals surface area contributed by atoms with Crippen LogP contribution in [0.5, 0.6) is 0 Å². The van der Waals surface area contributed by atoms with Gasteiger partial charge in [0, 0.05) is 11.5 Å². The highest BCUT2D eigenvalue weighted by Gasteiger charge is 2.17. The van der Waals surface area contributed by atoms with Crippen LogP contribution in [0.3, 0.4) is 0 Å². The third-order valence-electron chi connectivity index (χ3n) is 2.25. The van der Waals surface area contributed by atoms with Gasteiger partial charge in [0.15, 0.2) is 0 Å². The molecule has 1 aromatic rings. The summed E-state index contributed by atoms with van der Waals surface area (Å²) in [7, 11) is 0. The van der Waals surface area contributed by atoms with Gasteiger partial charge in [-0.3, -0.25) is 0 Å². The first-order valence-electron chi connectivity index (χ1n) is 5.10. The second kappa shape index (κ2) is 4.55. The molecule has 0 heterocycles. The molecule has 0 radical (unpaired) electrons. The van der Waals surface area contributed by atoms with Crippen LogP contribution in [-0.2, 0) is 0 Å². The summed E-state index contributed by atoms with van der Waals surface area (Å²) in [6.45, 7) is 0. The zero-order valence-corrected chi connectivity index (χ0v) is 8.66. The van der Waals surface area contributed by atoms with Crippen molar-refractivity contribution in [1.29, 1.82) is 0 Å². The van der Waals surface area contributed by atoms with E-state index in [1.807, 2.05) is 0 Å². The number of benzene rings is 1. The zero-order chi connectivity index (χ0) is 11.4. The van der Waals surface area contributed by atoms with Crippen molar-refractivity contribution in [3.05, 3.63) is 35.4 Å². The van der Waals surface area contributed by atoms with E-state index in [-0.39, 0.29) is 5.56 Å². The zero-order valence-electron chi connectivity index (χ0n) is 8.66. The minimum atomic E-state index is -0.923. The van der Waals surface area contributed by atoms with E-state index in [4.69, 9.17) is 5.11 Å². The van der Waals surface area contributed by atoms with Crippen LogP contribution in [0.25, 0.3) is 0 Å². The van der Waals surface area contributed by atoms with E-state index in [1.165, 1.54) is 12.8 Å². The molecular formula is C14H10O2. The lowest BCUT2D eigenvalue weighted by molar-refractivity contribution is 0.0697. The summed E-state index contributed by atoms with van der Waals surface area (Å²) >= 11 is 0. The number of aromatic carboxylic acids is 1. The van der Waals surface area contributed by atoms with Crippen LogP contribution in [0.4, 0.5) is 0 Å². The van der Waals surface area contributed by atoms with Gasteiger partial charge < -0.3 is 5.11 Å². The third-order valence-corrected chi connectivity index (χ3v) is 2.25. The molecule has 2 rings (SSSR count). The van der Waals surface area contributed by atoms with E-state index in [9.17, 15) is 4.79 Å². The molecule has 0 amide bonds. The highest BCUT2D eigenvalue weighted by atomic mass is 16.4. The van der Waals surface area contributed by atoms with E-state index in [1.54, 1.807) is 24.3 Å². The molecule has 1 aromatic carbocycles. The Bertz CT molecular complexity index is 514. The summed E-state index contributed by atoms with van der Waals surface area (Å²) in [5.41, 5.74) is 1.06. The Morgan fingerprint density at radius 3 is 2.44 bits per heavy atom. The predicted octanol–water partition coefficient (Wildman–Crippen LogP) is 2.15.